The molecule has 0 radical (unpaired) electrons. The van der Waals surface area contributed by atoms with E-state index in [1.807, 2.05) is 18.4 Å². The monoisotopic (exact) mass is 451 g/mol. The van der Waals surface area contributed by atoms with E-state index in [2.05, 4.69) is 0 Å². The van der Waals surface area contributed by atoms with Crippen molar-refractivity contribution in [3.8, 4) is 5.69 Å². The highest BCUT2D eigenvalue weighted by Crippen LogP contribution is 2.39. The van der Waals surface area contributed by atoms with Gasteiger partial charge in [-0.25, -0.2) is 9.59 Å². The summed E-state index contributed by atoms with van der Waals surface area (Å²) >= 11 is 0. The van der Waals surface area contributed by atoms with Gasteiger partial charge in [0.05, 0.1) is 19.2 Å². The van der Waals surface area contributed by atoms with E-state index in [0.717, 1.165) is 35.5 Å². The number of aromatic nitrogens is 1. The molecule has 33 heavy (non-hydrogen) atoms. The molecule has 1 aliphatic carbocycles. The maximum absolute atomic E-state index is 13.2. The molecule has 174 valence electrons. The topological polar surface area (TPSA) is 88.9 Å². The van der Waals surface area contributed by atoms with Crippen LogP contribution in [-0.2, 0) is 9.53 Å². The number of carbonyl (C=O) groups excluding carboxylic acids is 4. The van der Waals surface area contributed by atoms with Crippen LogP contribution < -0.4 is 0 Å². The van der Waals surface area contributed by atoms with Crippen LogP contribution in [0.25, 0.3) is 5.69 Å². The third-order valence-electron chi connectivity index (χ3n) is 7.06. The first kappa shape index (κ1) is 22.8. The summed E-state index contributed by atoms with van der Waals surface area (Å²) in [6, 6.07) is 8.29. The minimum Gasteiger partial charge on any atom is -0.465 e. The average Bonchev–Trinajstić information content (AvgIpc) is 3.21. The van der Waals surface area contributed by atoms with Crippen LogP contribution in [0.5, 0.6) is 0 Å². The molecule has 0 atom stereocenters. The Balaban J connectivity index is 1.58. The zero-order chi connectivity index (χ0) is 23.9. The van der Waals surface area contributed by atoms with Crippen LogP contribution in [0.4, 0.5) is 4.79 Å². The van der Waals surface area contributed by atoms with Crippen molar-refractivity contribution in [3.05, 3.63) is 52.8 Å². The van der Waals surface area contributed by atoms with Gasteiger partial charge in [0.2, 0.25) is 0 Å². The molecule has 1 spiro atoms. The highest BCUT2D eigenvalue weighted by atomic mass is 16.5. The Kier molecular flexibility index (Phi) is 5.86. The molecule has 0 unspecified atom stereocenters. The molecule has 1 aromatic carbocycles. The lowest BCUT2D eigenvalue weighted by Crippen LogP contribution is -2.49. The van der Waals surface area contributed by atoms with Crippen LogP contribution in [-0.4, -0.2) is 64.3 Å². The molecule has 2 heterocycles. The molecule has 2 aliphatic rings. The number of likely N-dealkylation sites (N-methyl/N-ethyl adjacent to an activating group) is 1. The molecule has 3 amide bonds. The van der Waals surface area contributed by atoms with E-state index in [4.69, 9.17) is 4.74 Å². The number of Topliss-reactive ketones (excluding diaryl/α,β-unsaturated/α-hetero) is 1. The molecule has 1 saturated heterocycles. The summed E-state index contributed by atoms with van der Waals surface area (Å²) < 4.78 is 6.65. The molecular weight excluding hydrogens is 422 g/mol. The number of benzene rings is 1. The van der Waals surface area contributed by atoms with E-state index in [0.29, 0.717) is 29.7 Å². The van der Waals surface area contributed by atoms with Crippen molar-refractivity contribution in [1.82, 2.24) is 14.4 Å². The van der Waals surface area contributed by atoms with Crippen LogP contribution in [0.3, 0.4) is 0 Å². The normalized spacial score (nSPS) is 17.7. The van der Waals surface area contributed by atoms with E-state index in [-0.39, 0.29) is 18.2 Å². The Morgan fingerprint density at radius 1 is 1.03 bits per heavy atom. The fourth-order valence-corrected chi connectivity index (χ4v) is 5.21. The summed E-state index contributed by atoms with van der Waals surface area (Å²) in [4.78, 5) is 53.7. The fourth-order valence-electron chi connectivity index (χ4n) is 5.21. The minimum atomic E-state index is -0.798. The van der Waals surface area contributed by atoms with E-state index >= 15 is 0 Å². The zero-order valence-corrected chi connectivity index (χ0v) is 19.5. The second kappa shape index (κ2) is 8.50. The summed E-state index contributed by atoms with van der Waals surface area (Å²) in [7, 11) is 3.00. The summed E-state index contributed by atoms with van der Waals surface area (Å²) in [6.07, 6.45) is 4.16. The Morgan fingerprint density at radius 3 is 2.27 bits per heavy atom. The third-order valence-corrected chi connectivity index (χ3v) is 7.06. The minimum absolute atomic E-state index is 0.254. The van der Waals surface area contributed by atoms with Crippen LogP contribution >= 0.6 is 0 Å². The first-order chi connectivity index (χ1) is 15.7. The van der Waals surface area contributed by atoms with Crippen molar-refractivity contribution in [2.75, 3.05) is 20.7 Å². The number of nitrogens with zero attached hydrogens (tertiary/aromatic N) is 3. The first-order valence-corrected chi connectivity index (χ1v) is 11.2. The van der Waals surface area contributed by atoms with E-state index in [9.17, 15) is 19.2 Å². The lowest BCUT2D eigenvalue weighted by atomic mass is 9.80. The fraction of sp³-hybridized carbons (Fsp3) is 0.440. The Bertz CT molecular complexity index is 1130. The van der Waals surface area contributed by atoms with Crippen molar-refractivity contribution in [1.29, 1.82) is 0 Å². The number of methoxy groups -OCH3 is 1. The number of aryl methyl sites for hydroxylation is 1. The third kappa shape index (κ3) is 3.63. The van der Waals surface area contributed by atoms with Crippen LogP contribution in [0.15, 0.2) is 30.3 Å². The molecule has 2 fully saturated rings. The van der Waals surface area contributed by atoms with E-state index < -0.39 is 17.5 Å². The molecule has 2 aromatic rings. The maximum Gasteiger partial charge on any atom is 0.337 e. The summed E-state index contributed by atoms with van der Waals surface area (Å²) in [5, 5.41) is 0. The molecule has 0 N–H and O–H groups in total. The van der Waals surface area contributed by atoms with Gasteiger partial charge >= 0.3 is 12.0 Å². The number of ketones is 1. The first-order valence-electron chi connectivity index (χ1n) is 11.2. The second-order valence-electron chi connectivity index (χ2n) is 8.91. The number of ether oxygens (including phenoxy) is 1. The average molecular weight is 452 g/mol. The Morgan fingerprint density at radius 2 is 1.67 bits per heavy atom. The highest BCUT2D eigenvalue weighted by Gasteiger charge is 2.55. The Hall–Kier alpha value is -3.42. The van der Waals surface area contributed by atoms with Gasteiger partial charge in [-0.15, -0.1) is 0 Å². The SMILES string of the molecule is COC(=O)c1ccc(-n2c(C)cc(C(=O)CN3C(=O)N(C)C4(CCCCC4)C3=O)c2C)cc1. The number of carbonyl (C=O) groups is 4. The lowest BCUT2D eigenvalue weighted by Gasteiger charge is -2.35. The van der Waals surface area contributed by atoms with Crippen molar-refractivity contribution >= 4 is 23.7 Å². The number of imide groups is 1. The van der Waals surface area contributed by atoms with Crippen LogP contribution in [0.1, 0.15) is 64.2 Å². The molecule has 8 heteroatoms. The van der Waals surface area contributed by atoms with Gasteiger partial charge in [-0.1, -0.05) is 19.3 Å². The standard InChI is InChI=1S/C25H29N3O5/c1-16-14-20(17(2)28(16)19-10-8-18(9-11-19)22(30)33-4)21(29)15-27-23(31)25(26(3)24(27)32)12-6-5-7-13-25/h8-11,14H,5-7,12-13,15H2,1-4H3. The molecule has 4 rings (SSSR count). The van der Waals surface area contributed by atoms with Crippen molar-refractivity contribution in [2.45, 2.75) is 51.5 Å². The van der Waals surface area contributed by atoms with Gasteiger partial charge < -0.3 is 14.2 Å². The largest absolute Gasteiger partial charge is 0.465 e. The Labute approximate surface area is 193 Å². The van der Waals surface area contributed by atoms with Crippen molar-refractivity contribution in [2.24, 2.45) is 0 Å². The predicted molar refractivity (Wildman–Crippen MR) is 122 cm³/mol. The van der Waals surface area contributed by atoms with Crippen molar-refractivity contribution < 1.29 is 23.9 Å². The lowest BCUT2D eigenvalue weighted by molar-refractivity contribution is -0.134. The summed E-state index contributed by atoms with van der Waals surface area (Å²) in [5.41, 5.74) is 2.45. The second-order valence-corrected chi connectivity index (χ2v) is 8.91. The van der Waals surface area contributed by atoms with Crippen LogP contribution in [0.2, 0.25) is 0 Å². The number of esters is 1. The van der Waals surface area contributed by atoms with Gasteiger partial charge in [0, 0.05) is 29.7 Å². The number of hydrogen-bond acceptors (Lipinski definition) is 5. The molecule has 0 bridgehead atoms. The van der Waals surface area contributed by atoms with E-state index in [1.165, 1.54) is 12.0 Å². The van der Waals surface area contributed by atoms with Gasteiger partial charge in [-0.3, -0.25) is 14.5 Å². The molecular formula is C25H29N3O5. The van der Waals surface area contributed by atoms with Gasteiger partial charge in [-0.05, 0) is 57.0 Å². The van der Waals surface area contributed by atoms with Gasteiger partial charge in [0.25, 0.3) is 5.91 Å². The zero-order valence-electron chi connectivity index (χ0n) is 19.5. The number of amides is 3. The van der Waals surface area contributed by atoms with Crippen LogP contribution in [0, 0.1) is 13.8 Å². The van der Waals surface area contributed by atoms with Gasteiger partial charge in [0.15, 0.2) is 5.78 Å². The van der Waals surface area contributed by atoms with E-state index in [1.54, 1.807) is 37.4 Å². The number of urea groups is 1. The van der Waals surface area contributed by atoms with Crippen molar-refractivity contribution in [3.63, 3.8) is 0 Å². The summed E-state index contributed by atoms with van der Waals surface area (Å²) in [6.45, 7) is 3.45. The molecule has 8 nitrogen and oxygen atoms in total. The quantitative estimate of drug-likeness (QED) is 0.393. The highest BCUT2D eigenvalue weighted by molar-refractivity contribution is 6.11. The summed E-state index contributed by atoms with van der Waals surface area (Å²) in [5.74, 6) is -0.947. The number of hydrogen-bond donors (Lipinski definition) is 0. The van der Waals surface area contributed by atoms with Gasteiger partial charge in [0.1, 0.15) is 5.54 Å². The molecule has 1 saturated carbocycles. The molecule has 1 aromatic heterocycles. The number of rotatable bonds is 5. The molecule has 1 aliphatic heterocycles. The van der Waals surface area contributed by atoms with Gasteiger partial charge in [-0.2, -0.15) is 0 Å². The smallest absolute Gasteiger partial charge is 0.337 e. The maximum atomic E-state index is 13.2. The predicted octanol–water partition coefficient (Wildman–Crippen LogP) is 3.66.